The van der Waals surface area contributed by atoms with E-state index in [1.54, 1.807) is 0 Å². The molecule has 1 nitrogen and oxygen atoms in total. The SMILES string of the molecule is Fc1ccc([B-](F)(F)F)c(F)n1.[K+]. The molecule has 0 amide bonds. The van der Waals surface area contributed by atoms with Crippen molar-refractivity contribution in [2.45, 2.75) is 0 Å². The molecule has 66 valence electrons. The molecule has 1 aromatic heterocycles. The number of halogens is 5. The van der Waals surface area contributed by atoms with Crippen molar-refractivity contribution in [2.75, 3.05) is 0 Å². The van der Waals surface area contributed by atoms with Crippen LogP contribution >= 0.6 is 0 Å². The van der Waals surface area contributed by atoms with Crippen molar-refractivity contribution in [3.05, 3.63) is 24.0 Å². The molecule has 0 aliphatic heterocycles. The maximum atomic E-state index is 12.3. The monoisotopic (exact) mass is 221 g/mol. The summed E-state index contributed by atoms with van der Waals surface area (Å²) in [5, 5.41) is 0. The molecular formula is C5H2BF5KN. The Morgan fingerprint density at radius 2 is 1.62 bits per heavy atom. The first kappa shape index (κ1) is 13.5. The van der Waals surface area contributed by atoms with Gasteiger partial charge in [-0.1, -0.05) is 11.5 Å². The first-order valence-electron chi connectivity index (χ1n) is 2.93. The summed E-state index contributed by atoms with van der Waals surface area (Å²) in [4.78, 5) is 2.40. The van der Waals surface area contributed by atoms with Crippen LogP contribution in [0.15, 0.2) is 12.1 Å². The summed E-state index contributed by atoms with van der Waals surface area (Å²) >= 11 is 0. The quantitative estimate of drug-likeness (QED) is 0.317. The summed E-state index contributed by atoms with van der Waals surface area (Å²) in [6.45, 7) is -5.45. The number of nitrogens with zero attached hydrogens (tertiary/aromatic N) is 1. The van der Waals surface area contributed by atoms with E-state index < -0.39 is 24.3 Å². The van der Waals surface area contributed by atoms with Crippen LogP contribution in [0.4, 0.5) is 21.7 Å². The van der Waals surface area contributed by atoms with E-state index >= 15 is 0 Å². The molecule has 1 rings (SSSR count). The van der Waals surface area contributed by atoms with E-state index in [0.717, 1.165) is 0 Å². The Balaban J connectivity index is 0.00000144. The molecule has 0 N–H and O–H groups in total. The Hall–Kier alpha value is 0.501. The third-order valence-corrected chi connectivity index (χ3v) is 1.20. The van der Waals surface area contributed by atoms with Crippen molar-refractivity contribution in [3.8, 4) is 0 Å². The Morgan fingerprint density at radius 1 is 1.08 bits per heavy atom. The van der Waals surface area contributed by atoms with Gasteiger partial charge in [-0.3, -0.25) is 0 Å². The van der Waals surface area contributed by atoms with Crippen LogP contribution in [0.2, 0.25) is 0 Å². The molecule has 0 saturated heterocycles. The Kier molecular flexibility index (Phi) is 5.02. The topological polar surface area (TPSA) is 12.9 Å². The van der Waals surface area contributed by atoms with Crippen LogP contribution in [0.1, 0.15) is 0 Å². The van der Waals surface area contributed by atoms with Crippen molar-refractivity contribution < 1.29 is 73.1 Å². The van der Waals surface area contributed by atoms with Crippen molar-refractivity contribution in [1.82, 2.24) is 4.98 Å². The molecule has 0 radical (unpaired) electrons. The molecule has 1 heterocycles. The molecule has 0 unspecified atom stereocenters. The Bertz CT molecular complexity index is 301. The fraction of sp³-hybridized carbons (Fsp3) is 0. The van der Waals surface area contributed by atoms with E-state index in [4.69, 9.17) is 0 Å². The normalized spacial score (nSPS) is 10.8. The summed E-state index contributed by atoms with van der Waals surface area (Å²) in [6, 6.07) is 0.797. The van der Waals surface area contributed by atoms with Gasteiger partial charge in [0.15, 0.2) is 5.95 Å². The molecule has 13 heavy (non-hydrogen) atoms. The van der Waals surface area contributed by atoms with Crippen LogP contribution in [0.25, 0.3) is 0 Å². The van der Waals surface area contributed by atoms with E-state index in [2.05, 4.69) is 4.98 Å². The van der Waals surface area contributed by atoms with Crippen LogP contribution in [0.3, 0.4) is 0 Å². The van der Waals surface area contributed by atoms with Crippen molar-refractivity contribution in [3.63, 3.8) is 0 Å². The van der Waals surface area contributed by atoms with Gasteiger partial charge >= 0.3 is 58.4 Å². The predicted molar refractivity (Wildman–Crippen MR) is 32.9 cm³/mol. The third kappa shape index (κ3) is 3.63. The second-order valence-corrected chi connectivity index (χ2v) is 2.09. The Morgan fingerprint density at radius 3 is 2.00 bits per heavy atom. The molecule has 0 aromatic carbocycles. The van der Waals surface area contributed by atoms with E-state index in [-0.39, 0.29) is 51.4 Å². The average Bonchev–Trinajstić information content (AvgIpc) is 1.83. The molecule has 0 aliphatic carbocycles. The van der Waals surface area contributed by atoms with Crippen molar-refractivity contribution in [1.29, 1.82) is 0 Å². The molecule has 0 atom stereocenters. The molecule has 0 fully saturated rings. The van der Waals surface area contributed by atoms with Crippen LogP contribution < -0.4 is 56.8 Å². The molecule has 0 saturated carbocycles. The van der Waals surface area contributed by atoms with Gasteiger partial charge in [-0.2, -0.15) is 13.8 Å². The molecule has 0 spiro atoms. The van der Waals surface area contributed by atoms with Gasteiger partial charge in [-0.25, -0.2) is 0 Å². The molecule has 0 bridgehead atoms. The average molecular weight is 221 g/mol. The largest absolute Gasteiger partial charge is 1.00 e. The van der Waals surface area contributed by atoms with Gasteiger partial charge in [0.2, 0.25) is 5.95 Å². The fourth-order valence-electron chi connectivity index (χ4n) is 0.667. The van der Waals surface area contributed by atoms with Crippen LogP contribution in [-0.2, 0) is 0 Å². The molecular weight excluding hydrogens is 219 g/mol. The molecule has 1 aromatic rings. The van der Waals surface area contributed by atoms with Crippen LogP contribution in [0.5, 0.6) is 0 Å². The van der Waals surface area contributed by atoms with Crippen LogP contribution in [0, 0.1) is 11.9 Å². The maximum absolute atomic E-state index is 12.3. The summed E-state index contributed by atoms with van der Waals surface area (Å²) in [5.74, 6) is -3.08. The fourth-order valence-corrected chi connectivity index (χ4v) is 0.667. The minimum Gasteiger partial charge on any atom is -0.445 e. The second-order valence-electron chi connectivity index (χ2n) is 2.09. The van der Waals surface area contributed by atoms with Crippen molar-refractivity contribution >= 4 is 12.4 Å². The van der Waals surface area contributed by atoms with Gasteiger partial charge in [-0.15, -0.1) is 0 Å². The number of rotatable bonds is 1. The van der Waals surface area contributed by atoms with Gasteiger partial charge in [0.05, 0.1) is 0 Å². The maximum Gasteiger partial charge on any atom is 1.00 e. The summed E-state index contributed by atoms with van der Waals surface area (Å²) in [5.41, 5.74) is -1.50. The molecule has 8 heteroatoms. The van der Waals surface area contributed by atoms with Gasteiger partial charge < -0.3 is 12.9 Å². The zero-order valence-corrected chi connectivity index (χ0v) is 9.69. The van der Waals surface area contributed by atoms with E-state index in [0.29, 0.717) is 12.1 Å². The summed E-state index contributed by atoms with van der Waals surface area (Å²) in [7, 11) is 0. The van der Waals surface area contributed by atoms with Gasteiger partial charge in [0.25, 0.3) is 0 Å². The van der Waals surface area contributed by atoms with E-state index in [1.807, 2.05) is 0 Å². The van der Waals surface area contributed by atoms with E-state index in [9.17, 15) is 21.7 Å². The zero-order valence-electron chi connectivity index (χ0n) is 6.57. The van der Waals surface area contributed by atoms with Gasteiger partial charge in [0, 0.05) is 0 Å². The van der Waals surface area contributed by atoms with E-state index in [1.165, 1.54) is 0 Å². The standard InChI is InChI=1S/C5H2BF5N.K/c7-4-2-1-3(5(8)12-4)6(9,10)11;/h1-2H;/q-1;+1. The molecule has 0 aliphatic rings. The number of aromatic nitrogens is 1. The minimum atomic E-state index is -5.45. The predicted octanol–water partition coefficient (Wildman–Crippen LogP) is -1.58. The minimum absolute atomic E-state index is 0. The second kappa shape index (κ2) is 4.83. The number of pyridine rings is 1. The smallest absolute Gasteiger partial charge is 0.445 e. The van der Waals surface area contributed by atoms with Crippen molar-refractivity contribution in [2.24, 2.45) is 0 Å². The first-order chi connectivity index (χ1) is 5.41. The Labute approximate surface area is 113 Å². The summed E-state index contributed by atoms with van der Waals surface area (Å²) in [6.07, 6.45) is 0. The summed E-state index contributed by atoms with van der Waals surface area (Å²) < 4.78 is 59.8. The van der Waals surface area contributed by atoms with Gasteiger partial charge in [-0.05, 0) is 6.07 Å². The number of hydrogen-bond donors (Lipinski definition) is 0. The first-order valence-corrected chi connectivity index (χ1v) is 2.93. The third-order valence-electron chi connectivity index (χ3n) is 1.20. The number of hydrogen-bond acceptors (Lipinski definition) is 1. The zero-order chi connectivity index (χ0) is 9.35. The van der Waals surface area contributed by atoms with Gasteiger partial charge in [0.1, 0.15) is 0 Å². The van der Waals surface area contributed by atoms with Crippen LogP contribution in [-0.4, -0.2) is 12.0 Å².